The van der Waals surface area contributed by atoms with E-state index in [1.54, 1.807) is 6.07 Å². The lowest BCUT2D eigenvalue weighted by molar-refractivity contribution is 0.885. The molecule has 33 heavy (non-hydrogen) atoms. The van der Waals surface area contributed by atoms with Gasteiger partial charge in [0.25, 0.3) is 5.56 Å². The molecule has 0 unspecified atom stereocenters. The molecule has 2 heterocycles. The molecule has 0 fully saturated rings. The zero-order valence-corrected chi connectivity index (χ0v) is 18.8. The lowest BCUT2D eigenvalue weighted by atomic mass is 10.2. The Morgan fingerprint density at radius 1 is 0.909 bits per heavy atom. The van der Waals surface area contributed by atoms with Gasteiger partial charge in [0, 0.05) is 5.69 Å². The number of nitrogens with zero attached hydrogens (tertiary/aromatic N) is 4. The quantitative estimate of drug-likeness (QED) is 0.378. The van der Waals surface area contributed by atoms with Crippen LogP contribution in [0.15, 0.2) is 83.7 Å². The highest BCUT2D eigenvalue weighted by molar-refractivity contribution is 7.13. The topological polar surface area (TPSA) is 72.7 Å². The molecule has 0 aliphatic heterocycles. The Morgan fingerprint density at radius 2 is 1.67 bits per heavy atom. The van der Waals surface area contributed by atoms with Crippen LogP contribution in [-0.2, 0) is 6.54 Å². The molecule has 0 aliphatic rings. The van der Waals surface area contributed by atoms with Gasteiger partial charge in [0.2, 0.25) is 5.13 Å². The van der Waals surface area contributed by atoms with Gasteiger partial charge in [0.05, 0.1) is 17.4 Å². The summed E-state index contributed by atoms with van der Waals surface area (Å²) < 4.78 is 1.54. The molecule has 0 bridgehead atoms. The molecule has 0 aliphatic carbocycles. The second-order valence-electron chi connectivity index (χ2n) is 7.52. The molecule has 3 aromatic carbocycles. The molecule has 7 heteroatoms. The molecule has 0 saturated heterocycles. The summed E-state index contributed by atoms with van der Waals surface area (Å²) >= 11 is 1.37. The van der Waals surface area contributed by atoms with Crippen LogP contribution >= 0.6 is 11.3 Å². The number of nitrogens with one attached hydrogen (secondary N) is 1. The van der Waals surface area contributed by atoms with Crippen LogP contribution in [0.25, 0.3) is 28.2 Å². The number of hydrogen-bond acceptors (Lipinski definition) is 6. The maximum absolute atomic E-state index is 13.4. The lowest BCUT2D eigenvalue weighted by Gasteiger charge is -2.08. The number of anilines is 1. The number of hydrogen-bond donors (Lipinski definition) is 1. The SMILES string of the molecule is Cc1ccccc1NCc1nnc(-n2c(C=Cc3ccccc3)nc3ccccc3c2=O)s1. The van der Waals surface area contributed by atoms with E-state index in [4.69, 9.17) is 4.98 Å². The van der Waals surface area contributed by atoms with E-state index in [0.29, 0.717) is 28.4 Å². The molecule has 0 spiro atoms. The van der Waals surface area contributed by atoms with Crippen LogP contribution in [0, 0.1) is 6.92 Å². The lowest BCUT2D eigenvalue weighted by Crippen LogP contribution is -2.22. The van der Waals surface area contributed by atoms with Crippen molar-refractivity contribution in [2.45, 2.75) is 13.5 Å². The van der Waals surface area contributed by atoms with Crippen LogP contribution in [0.3, 0.4) is 0 Å². The Hall–Kier alpha value is -4.10. The standard InChI is InChI=1S/C26H21N5OS/c1-18-9-5-7-13-21(18)27-17-24-29-30-26(33-24)31-23(16-15-19-10-3-2-4-11-19)28-22-14-8-6-12-20(22)25(31)32/h2-16,27H,17H2,1H3. The molecular weight excluding hydrogens is 430 g/mol. The van der Waals surface area contributed by atoms with Crippen LogP contribution in [0.2, 0.25) is 0 Å². The van der Waals surface area contributed by atoms with E-state index in [1.807, 2.05) is 78.9 Å². The Balaban J connectivity index is 1.53. The van der Waals surface area contributed by atoms with Gasteiger partial charge in [0.15, 0.2) is 0 Å². The Labute approximate surface area is 194 Å². The fraction of sp³-hybridized carbons (Fsp3) is 0.0769. The van der Waals surface area contributed by atoms with E-state index in [2.05, 4.69) is 28.5 Å². The summed E-state index contributed by atoms with van der Waals surface area (Å²) in [5.41, 5.74) is 3.71. The van der Waals surface area contributed by atoms with Gasteiger partial charge in [-0.05, 0) is 42.3 Å². The normalized spacial score (nSPS) is 11.3. The van der Waals surface area contributed by atoms with Crippen molar-refractivity contribution in [2.24, 2.45) is 0 Å². The number of rotatable bonds is 6. The third kappa shape index (κ3) is 4.44. The van der Waals surface area contributed by atoms with Crippen LogP contribution < -0.4 is 10.9 Å². The molecule has 0 amide bonds. The fourth-order valence-corrected chi connectivity index (χ4v) is 4.32. The van der Waals surface area contributed by atoms with Gasteiger partial charge in [-0.1, -0.05) is 78.1 Å². The van der Waals surface area contributed by atoms with Crippen molar-refractivity contribution >= 4 is 40.1 Å². The number of fused-ring (bicyclic) bond motifs is 1. The highest BCUT2D eigenvalue weighted by Gasteiger charge is 2.15. The second-order valence-corrected chi connectivity index (χ2v) is 8.56. The number of para-hydroxylation sites is 2. The predicted molar refractivity (Wildman–Crippen MR) is 135 cm³/mol. The van der Waals surface area contributed by atoms with Gasteiger partial charge in [-0.15, -0.1) is 10.2 Å². The summed E-state index contributed by atoms with van der Waals surface area (Å²) in [5, 5.41) is 13.8. The largest absolute Gasteiger partial charge is 0.378 e. The number of benzene rings is 3. The molecule has 1 N–H and O–H groups in total. The van der Waals surface area contributed by atoms with E-state index < -0.39 is 0 Å². The molecule has 0 radical (unpaired) electrons. The molecule has 5 rings (SSSR count). The highest BCUT2D eigenvalue weighted by Crippen LogP contribution is 2.20. The summed E-state index contributed by atoms with van der Waals surface area (Å²) in [4.78, 5) is 18.1. The molecule has 5 aromatic rings. The molecule has 6 nitrogen and oxygen atoms in total. The van der Waals surface area contributed by atoms with Crippen molar-refractivity contribution in [3.8, 4) is 5.13 Å². The van der Waals surface area contributed by atoms with E-state index in [-0.39, 0.29) is 5.56 Å². The van der Waals surface area contributed by atoms with Crippen molar-refractivity contribution < 1.29 is 0 Å². The number of aryl methyl sites for hydroxylation is 1. The fourth-order valence-electron chi connectivity index (χ4n) is 3.53. The maximum Gasteiger partial charge on any atom is 0.268 e. The minimum Gasteiger partial charge on any atom is -0.378 e. The summed E-state index contributed by atoms with van der Waals surface area (Å²) in [6.45, 7) is 2.58. The first-order valence-electron chi connectivity index (χ1n) is 10.6. The smallest absolute Gasteiger partial charge is 0.268 e. The van der Waals surface area contributed by atoms with Crippen molar-refractivity contribution in [3.05, 3.63) is 111 Å². The first kappa shape index (κ1) is 20.8. The Kier molecular flexibility index (Phi) is 5.78. The molecule has 2 aromatic heterocycles. The van der Waals surface area contributed by atoms with Crippen LogP contribution in [0.1, 0.15) is 22.0 Å². The molecule has 162 valence electrons. The Bertz CT molecular complexity index is 1500. The van der Waals surface area contributed by atoms with Crippen molar-refractivity contribution in [3.63, 3.8) is 0 Å². The van der Waals surface area contributed by atoms with E-state index in [0.717, 1.165) is 21.8 Å². The van der Waals surface area contributed by atoms with Gasteiger partial charge in [-0.2, -0.15) is 0 Å². The van der Waals surface area contributed by atoms with E-state index in [1.165, 1.54) is 15.9 Å². The summed E-state index contributed by atoms with van der Waals surface area (Å²) in [7, 11) is 0. The predicted octanol–water partition coefficient (Wildman–Crippen LogP) is 5.33. The Morgan fingerprint density at radius 3 is 2.52 bits per heavy atom. The summed E-state index contributed by atoms with van der Waals surface area (Å²) in [6.07, 6.45) is 3.78. The van der Waals surface area contributed by atoms with Crippen LogP contribution in [-0.4, -0.2) is 19.7 Å². The zero-order valence-electron chi connectivity index (χ0n) is 18.0. The first-order valence-corrected chi connectivity index (χ1v) is 11.4. The minimum absolute atomic E-state index is 0.164. The third-order valence-electron chi connectivity index (χ3n) is 5.25. The first-order chi connectivity index (χ1) is 16.2. The summed E-state index contributed by atoms with van der Waals surface area (Å²) in [6, 6.07) is 25.3. The zero-order chi connectivity index (χ0) is 22.6. The molecule has 0 atom stereocenters. The van der Waals surface area contributed by atoms with Crippen molar-refractivity contribution in [1.29, 1.82) is 0 Å². The summed E-state index contributed by atoms with van der Waals surface area (Å²) in [5.74, 6) is 0.511. The molecule has 0 saturated carbocycles. The highest BCUT2D eigenvalue weighted by atomic mass is 32.1. The third-order valence-corrected chi connectivity index (χ3v) is 6.16. The average Bonchev–Trinajstić information content (AvgIpc) is 3.31. The van der Waals surface area contributed by atoms with Gasteiger partial charge in [-0.25, -0.2) is 9.55 Å². The van der Waals surface area contributed by atoms with Crippen molar-refractivity contribution in [2.75, 3.05) is 5.32 Å². The van der Waals surface area contributed by atoms with Crippen LogP contribution in [0.5, 0.6) is 0 Å². The van der Waals surface area contributed by atoms with Gasteiger partial charge < -0.3 is 5.32 Å². The van der Waals surface area contributed by atoms with Crippen LogP contribution in [0.4, 0.5) is 5.69 Å². The maximum atomic E-state index is 13.4. The van der Waals surface area contributed by atoms with Gasteiger partial charge in [0.1, 0.15) is 10.8 Å². The second kappa shape index (κ2) is 9.18. The molecular formula is C26H21N5OS. The van der Waals surface area contributed by atoms with Crippen molar-refractivity contribution in [1.82, 2.24) is 19.7 Å². The monoisotopic (exact) mass is 451 g/mol. The van der Waals surface area contributed by atoms with E-state index >= 15 is 0 Å². The average molecular weight is 452 g/mol. The minimum atomic E-state index is -0.164. The number of aromatic nitrogens is 4. The van der Waals surface area contributed by atoms with Gasteiger partial charge in [-0.3, -0.25) is 4.79 Å². The van der Waals surface area contributed by atoms with E-state index in [9.17, 15) is 4.79 Å². The van der Waals surface area contributed by atoms with Gasteiger partial charge >= 0.3 is 0 Å².